The number of rotatable bonds is 3. The number of hydrogen-bond donors (Lipinski definition) is 2. The van der Waals surface area contributed by atoms with Crippen LogP contribution in [0.5, 0.6) is 0 Å². The Kier molecular flexibility index (Phi) is 3.79. The van der Waals surface area contributed by atoms with Crippen molar-refractivity contribution in [3.8, 4) is 0 Å². The molecular weight excluding hydrogens is 214 g/mol. The molecule has 0 aromatic heterocycles. The fourth-order valence-electron chi connectivity index (χ4n) is 1.61. The molecule has 15 heavy (non-hydrogen) atoms. The summed E-state index contributed by atoms with van der Waals surface area (Å²) in [6.07, 6.45) is 1.31. The van der Waals surface area contributed by atoms with Gasteiger partial charge in [-0.3, -0.25) is 0 Å². The summed E-state index contributed by atoms with van der Waals surface area (Å²) in [6, 6.07) is 0.193. The minimum Gasteiger partial charge on any atom is -0.389 e. The molecule has 0 spiro atoms. The van der Waals surface area contributed by atoms with Gasteiger partial charge in [0.1, 0.15) is 9.84 Å². The molecule has 1 aliphatic rings. The number of aliphatic hydroxyl groups is 1. The first-order valence-corrected chi connectivity index (χ1v) is 7.22. The average Bonchev–Trinajstić information content (AvgIpc) is 2.07. The summed E-state index contributed by atoms with van der Waals surface area (Å²) in [7, 11) is -2.79. The molecular formula is C10H21NO3S. The van der Waals surface area contributed by atoms with Crippen LogP contribution in [0.4, 0.5) is 0 Å². The first-order chi connectivity index (χ1) is 6.71. The van der Waals surface area contributed by atoms with E-state index in [1.165, 1.54) is 0 Å². The molecule has 0 amide bonds. The topological polar surface area (TPSA) is 66.4 Å². The minimum atomic E-state index is -2.79. The Morgan fingerprint density at radius 3 is 2.20 bits per heavy atom. The van der Waals surface area contributed by atoms with Gasteiger partial charge in [-0.15, -0.1) is 0 Å². The van der Waals surface area contributed by atoms with Crippen LogP contribution in [0.1, 0.15) is 33.6 Å². The molecule has 1 atom stereocenters. The molecule has 1 rings (SSSR count). The predicted octanol–water partition coefficient (Wildman–Crippen LogP) is 0.313. The summed E-state index contributed by atoms with van der Waals surface area (Å²) in [5.41, 5.74) is -0.768. The maximum absolute atomic E-state index is 11.2. The molecule has 1 aliphatic heterocycles. The maximum Gasteiger partial charge on any atom is 0.150 e. The molecule has 0 aromatic rings. The van der Waals surface area contributed by atoms with Gasteiger partial charge in [0.25, 0.3) is 0 Å². The largest absolute Gasteiger partial charge is 0.389 e. The van der Waals surface area contributed by atoms with Crippen LogP contribution >= 0.6 is 0 Å². The van der Waals surface area contributed by atoms with E-state index >= 15 is 0 Å². The van der Waals surface area contributed by atoms with Gasteiger partial charge in [-0.05, 0) is 33.6 Å². The van der Waals surface area contributed by atoms with Crippen molar-refractivity contribution in [1.82, 2.24) is 5.32 Å². The van der Waals surface area contributed by atoms with E-state index in [2.05, 4.69) is 5.32 Å². The van der Waals surface area contributed by atoms with E-state index in [1.54, 1.807) is 13.8 Å². The number of nitrogens with one attached hydrogen (secondary N) is 1. The fourth-order valence-corrected chi connectivity index (χ4v) is 3.11. The summed E-state index contributed by atoms with van der Waals surface area (Å²) in [6.45, 7) is 5.43. The van der Waals surface area contributed by atoms with Crippen LogP contribution in [-0.2, 0) is 9.84 Å². The monoisotopic (exact) mass is 235 g/mol. The number of hydrogen-bond acceptors (Lipinski definition) is 4. The molecule has 0 aromatic carbocycles. The van der Waals surface area contributed by atoms with E-state index in [9.17, 15) is 13.5 Å². The molecule has 5 heteroatoms. The third kappa shape index (κ3) is 4.09. The lowest BCUT2D eigenvalue weighted by Gasteiger charge is -2.32. The van der Waals surface area contributed by atoms with E-state index in [1.807, 2.05) is 6.92 Å². The van der Waals surface area contributed by atoms with Gasteiger partial charge in [-0.1, -0.05) is 0 Å². The highest BCUT2D eigenvalue weighted by Gasteiger charge is 2.28. The Morgan fingerprint density at radius 2 is 1.80 bits per heavy atom. The van der Waals surface area contributed by atoms with E-state index in [4.69, 9.17) is 0 Å². The van der Waals surface area contributed by atoms with Gasteiger partial charge in [0.05, 0.1) is 17.1 Å². The summed E-state index contributed by atoms with van der Waals surface area (Å²) in [5, 5.41) is 13.0. The SMILES string of the molecule is CC(NC1CCS(=O)(=O)CC1)C(C)(C)O. The molecule has 0 saturated carbocycles. The van der Waals surface area contributed by atoms with Crippen molar-refractivity contribution in [1.29, 1.82) is 0 Å². The van der Waals surface area contributed by atoms with Gasteiger partial charge in [0.15, 0.2) is 0 Å². The molecule has 1 heterocycles. The van der Waals surface area contributed by atoms with Crippen LogP contribution in [0, 0.1) is 0 Å². The highest BCUT2D eigenvalue weighted by atomic mass is 32.2. The molecule has 1 saturated heterocycles. The average molecular weight is 235 g/mol. The van der Waals surface area contributed by atoms with Crippen LogP contribution in [-0.4, -0.2) is 42.7 Å². The Balaban J connectivity index is 2.43. The zero-order chi connectivity index (χ0) is 11.7. The van der Waals surface area contributed by atoms with Crippen LogP contribution in [0.25, 0.3) is 0 Å². The Bertz CT molecular complexity index is 291. The molecule has 0 radical (unpaired) electrons. The lowest BCUT2D eigenvalue weighted by molar-refractivity contribution is 0.0393. The molecule has 90 valence electrons. The second-order valence-corrected chi connectivity index (χ2v) is 7.27. The third-order valence-corrected chi connectivity index (χ3v) is 4.82. The van der Waals surface area contributed by atoms with Crippen molar-refractivity contribution in [2.24, 2.45) is 0 Å². The van der Waals surface area contributed by atoms with E-state index in [0.29, 0.717) is 12.8 Å². The standard InChI is InChI=1S/C10H21NO3S/c1-8(10(2,3)12)11-9-4-6-15(13,14)7-5-9/h8-9,11-12H,4-7H2,1-3H3. The normalized spacial score (nSPS) is 25.1. The van der Waals surface area contributed by atoms with E-state index in [0.717, 1.165) is 0 Å². The smallest absolute Gasteiger partial charge is 0.150 e. The zero-order valence-corrected chi connectivity index (χ0v) is 10.5. The Morgan fingerprint density at radius 1 is 1.33 bits per heavy atom. The lowest BCUT2D eigenvalue weighted by Crippen LogP contribution is -2.50. The maximum atomic E-state index is 11.2. The summed E-state index contributed by atoms with van der Waals surface area (Å²) in [5.74, 6) is 0.534. The molecule has 2 N–H and O–H groups in total. The van der Waals surface area contributed by atoms with Crippen molar-refractivity contribution in [2.45, 2.75) is 51.3 Å². The molecule has 0 aliphatic carbocycles. The second-order valence-electron chi connectivity index (χ2n) is 4.97. The Hall–Kier alpha value is -0.130. The minimum absolute atomic E-state index is 0.0247. The van der Waals surface area contributed by atoms with Crippen molar-refractivity contribution < 1.29 is 13.5 Å². The first-order valence-electron chi connectivity index (χ1n) is 5.39. The van der Waals surface area contributed by atoms with Gasteiger partial charge in [0.2, 0.25) is 0 Å². The van der Waals surface area contributed by atoms with Crippen LogP contribution < -0.4 is 5.32 Å². The third-order valence-electron chi connectivity index (χ3n) is 3.10. The van der Waals surface area contributed by atoms with Crippen LogP contribution in [0.15, 0.2) is 0 Å². The number of sulfone groups is 1. The fraction of sp³-hybridized carbons (Fsp3) is 1.00. The summed E-state index contributed by atoms with van der Waals surface area (Å²) < 4.78 is 22.4. The predicted molar refractivity (Wildman–Crippen MR) is 60.6 cm³/mol. The first kappa shape index (κ1) is 12.9. The highest BCUT2D eigenvalue weighted by molar-refractivity contribution is 7.91. The van der Waals surface area contributed by atoms with Crippen molar-refractivity contribution in [3.05, 3.63) is 0 Å². The van der Waals surface area contributed by atoms with Crippen LogP contribution in [0.3, 0.4) is 0 Å². The second kappa shape index (κ2) is 4.39. The van der Waals surface area contributed by atoms with Gasteiger partial charge in [-0.25, -0.2) is 8.42 Å². The highest BCUT2D eigenvalue weighted by Crippen LogP contribution is 2.15. The van der Waals surface area contributed by atoms with Crippen molar-refractivity contribution >= 4 is 9.84 Å². The van der Waals surface area contributed by atoms with E-state index in [-0.39, 0.29) is 23.6 Å². The quantitative estimate of drug-likeness (QED) is 0.739. The molecule has 0 bridgehead atoms. The van der Waals surface area contributed by atoms with Gasteiger partial charge in [0, 0.05) is 12.1 Å². The van der Waals surface area contributed by atoms with Gasteiger partial charge in [-0.2, -0.15) is 0 Å². The Labute approximate surface area is 92.0 Å². The van der Waals surface area contributed by atoms with Crippen molar-refractivity contribution in [2.75, 3.05) is 11.5 Å². The van der Waals surface area contributed by atoms with Crippen LogP contribution in [0.2, 0.25) is 0 Å². The molecule has 1 fully saturated rings. The van der Waals surface area contributed by atoms with Gasteiger partial charge < -0.3 is 10.4 Å². The van der Waals surface area contributed by atoms with Crippen molar-refractivity contribution in [3.63, 3.8) is 0 Å². The summed E-state index contributed by atoms with van der Waals surface area (Å²) >= 11 is 0. The van der Waals surface area contributed by atoms with Gasteiger partial charge >= 0.3 is 0 Å². The molecule has 4 nitrogen and oxygen atoms in total. The molecule has 1 unspecified atom stereocenters. The zero-order valence-electron chi connectivity index (χ0n) is 9.66. The van der Waals surface area contributed by atoms with E-state index < -0.39 is 15.4 Å². The lowest BCUT2D eigenvalue weighted by atomic mass is 9.99. The summed E-state index contributed by atoms with van der Waals surface area (Å²) in [4.78, 5) is 0.